The summed E-state index contributed by atoms with van der Waals surface area (Å²) < 4.78 is 31.6. The number of hydrogen-bond acceptors (Lipinski definition) is 4. The first-order valence-corrected chi connectivity index (χ1v) is 12.4. The van der Waals surface area contributed by atoms with E-state index in [1.165, 1.54) is 10.6 Å². The van der Waals surface area contributed by atoms with Crippen molar-refractivity contribution in [2.75, 3.05) is 22.5 Å². The minimum atomic E-state index is -3.50. The predicted octanol–water partition coefficient (Wildman–Crippen LogP) is 4.87. The Bertz CT molecular complexity index is 1160. The van der Waals surface area contributed by atoms with Gasteiger partial charge in [0.25, 0.3) is 5.91 Å². The Kier molecular flexibility index (Phi) is 7.53. The molecule has 32 heavy (non-hydrogen) atoms. The number of aryl methyl sites for hydroxylation is 1. The number of carbonyl (C=O) groups excluding carboxylic acids is 1. The lowest BCUT2D eigenvalue weighted by Crippen LogP contribution is -2.29. The molecule has 0 saturated heterocycles. The van der Waals surface area contributed by atoms with E-state index in [9.17, 15) is 13.2 Å². The molecule has 0 radical (unpaired) electrons. The van der Waals surface area contributed by atoms with E-state index in [1.54, 1.807) is 48.5 Å². The maximum Gasteiger partial charge on any atom is 0.255 e. The number of para-hydroxylation sites is 1. The van der Waals surface area contributed by atoms with Gasteiger partial charge in [-0.2, -0.15) is 0 Å². The number of benzene rings is 3. The lowest BCUT2D eigenvalue weighted by Gasteiger charge is -2.23. The molecule has 0 aliphatic carbocycles. The van der Waals surface area contributed by atoms with Gasteiger partial charge in [-0.15, -0.1) is 0 Å². The molecule has 3 aromatic carbocycles. The van der Waals surface area contributed by atoms with Crippen LogP contribution in [0, 0.1) is 0 Å². The predicted molar refractivity (Wildman–Crippen MR) is 129 cm³/mol. The summed E-state index contributed by atoms with van der Waals surface area (Å²) in [4.78, 5) is 12.7. The van der Waals surface area contributed by atoms with E-state index >= 15 is 0 Å². The lowest BCUT2D eigenvalue weighted by molar-refractivity contribution is 0.102. The molecule has 0 aromatic heterocycles. The van der Waals surface area contributed by atoms with Crippen LogP contribution in [0.1, 0.15) is 35.3 Å². The van der Waals surface area contributed by atoms with Crippen molar-refractivity contribution in [3.05, 3.63) is 89.5 Å². The third-order valence-corrected chi connectivity index (χ3v) is 6.17. The highest BCUT2D eigenvalue weighted by Crippen LogP contribution is 2.24. The number of hydrogen-bond donors (Lipinski definition) is 1. The molecule has 0 bridgehead atoms. The van der Waals surface area contributed by atoms with Crippen molar-refractivity contribution in [1.82, 2.24) is 0 Å². The minimum Gasteiger partial charge on any atom is -0.494 e. The third-order valence-electron chi connectivity index (χ3n) is 5.02. The topological polar surface area (TPSA) is 75.7 Å². The van der Waals surface area contributed by atoms with Crippen LogP contribution in [0.25, 0.3) is 0 Å². The molecule has 3 aromatic rings. The van der Waals surface area contributed by atoms with Crippen molar-refractivity contribution in [1.29, 1.82) is 0 Å². The molecule has 7 heteroatoms. The van der Waals surface area contributed by atoms with Crippen LogP contribution in [0.2, 0.25) is 0 Å². The molecule has 0 aliphatic rings. The molecule has 0 atom stereocenters. The smallest absolute Gasteiger partial charge is 0.255 e. The first kappa shape index (κ1) is 23.3. The Morgan fingerprint density at radius 3 is 2.19 bits per heavy atom. The SMILES string of the molecule is CCOc1ccc(N(Cc2ccc(C(=O)Nc3ccccc3CC)cc2)S(C)(=O)=O)cc1. The number of ether oxygens (including phenoxy) is 1. The summed E-state index contributed by atoms with van der Waals surface area (Å²) in [6, 6.07) is 21.6. The van der Waals surface area contributed by atoms with E-state index in [0.717, 1.165) is 23.2 Å². The van der Waals surface area contributed by atoms with E-state index in [1.807, 2.05) is 38.1 Å². The molecule has 168 valence electrons. The summed E-state index contributed by atoms with van der Waals surface area (Å²) in [5.41, 5.74) is 3.69. The van der Waals surface area contributed by atoms with Crippen LogP contribution in [0.5, 0.6) is 5.75 Å². The zero-order valence-electron chi connectivity index (χ0n) is 18.5. The molecule has 1 amide bonds. The fraction of sp³-hybridized carbons (Fsp3) is 0.240. The average Bonchev–Trinajstić information content (AvgIpc) is 2.78. The van der Waals surface area contributed by atoms with Gasteiger partial charge in [0.2, 0.25) is 10.0 Å². The first-order valence-electron chi connectivity index (χ1n) is 10.5. The van der Waals surface area contributed by atoms with Gasteiger partial charge in [0.1, 0.15) is 5.75 Å². The highest BCUT2D eigenvalue weighted by atomic mass is 32.2. The minimum absolute atomic E-state index is 0.160. The number of carbonyl (C=O) groups is 1. The standard InChI is InChI=1S/C25H28N2O4S/c1-4-20-8-6-7-9-24(20)26-25(28)21-12-10-19(11-13-21)18-27(32(3,29)30)22-14-16-23(17-15-22)31-5-2/h6-17H,4-5,18H2,1-3H3,(H,26,28). The van der Waals surface area contributed by atoms with Crippen LogP contribution in [-0.4, -0.2) is 27.2 Å². The molecule has 1 N–H and O–H groups in total. The van der Waals surface area contributed by atoms with Crippen molar-refractivity contribution in [3.63, 3.8) is 0 Å². The van der Waals surface area contributed by atoms with Gasteiger partial charge in [-0.05, 0) is 66.9 Å². The largest absolute Gasteiger partial charge is 0.494 e. The normalized spacial score (nSPS) is 11.1. The van der Waals surface area contributed by atoms with Gasteiger partial charge in [-0.1, -0.05) is 37.3 Å². The molecule has 0 spiro atoms. The van der Waals surface area contributed by atoms with E-state index in [0.29, 0.717) is 23.6 Å². The van der Waals surface area contributed by atoms with E-state index < -0.39 is 10.0 Å². The van der Waals surface area contributed by atoms with Gasteiger partial charge >= 0.3 is 0 Å². The summed E-state index contributed by atoms with van der Waals surface area (Å²) in [6.45, 7) is 4.63. The highest BCUT2D eigenvalue weighted by molar-refractivity contribution is 7.92. The van der Waals surface area contributed by atoms with Crippen molar-refractivity contribution in [2.45, 2.75) is 26.8 Å². The van der Waals surface area contributed by atoms with Gasteiger partial charge in [-0.25, -0.2) is 8.42 Å². The van der Waals surface area contributed by atoms with Crippen LogP contribution < -0.4 is 14.4 Å². The second kappa shape index (κ2) is 10.3. The van der Waals surface area contributed by atoms with Crippen molar-refractivity contribution < 1.29 is 17.9 Å². The number of anilines is 2. The summed E-state index contributed by atoms with van der Waals surface area (Å²) in [5, 5.41) is 2.95. The molecule has 0 fully saturated rings. The number of nitrogens with zero attached hydrogens (tertiary/aromatic N) is 1. The lowest BCUT2D eigenvalue weighted by atomic mass is 10.1. The zero-order chi connectivity index (χ0) is 23.1. The monoisotopic (exact) mass is 452 g/mol. The van der Waals surface area contributed by atoms with Gasteiger partial charge in [0.15, 0.2) is 0 Å². The number of nitrogens with one attached hydrogen (secondary N) is 1. The summed E-state index contributed by atoms with van der Waals surface area (Å²) >= 11 is 0. The van der Waals surface area contributed by atoms with Crippen LogP contribution in [0.4, 0.5) is 11.4 Å². The highest BCUT2D eigenvalue weighted by Gasteiger charge is 2.18. The van der Waals surface area contributed by atoms with Gasteiger partial charge in [-0.3, -0.25) is 9.10 Å². The van der Waals surface area contributed by atoms with E-state index in [-0.39, 0.29) is 12.5 Å². The van der Waals surface area contributed by atoms with Crippen LogP contribution in [0.3, 0.4) is 0 Å². The Balaban J connectivity index is 1.75. The van der Waals surface area contributed by atoms with Crippen LogP contribution >= 0.6 is 0 Å². The molecular weight excluding hydrogens is 424 g/mol. The molecule has 0 unspecified atom stereocenters. The van der Waals surface area contributed by atoms with Gasteiger partial charge in [0, 0.05) is 11.3 Å². The Morgan fingerprint density at radius 1 is 0.938 bits per heavy atom. The molecule has 3 rings (SSSR count). The van der Waals surface area contributed by atoms with Crippen LogP contribution in [-0.2, 0) is 23.0 Å². The summed E-state index contributed by atoms with van der Waals surface area (Å²) in [5.74, 6) is 0.480. The Hall–Kier alpha value is -3.32. The maximum absolute atomic E-state index is 12.7. The Labute approximate surface area is 189 Å². The zero-order valence-corrected chi connectivity index (χ0v) is 19.4. The molecular formula is C25H28N2O4S. The number of rotatable bonds is 9. The fourth-order valence-electron chi connectivity index (χ4n) is 3.35. The van der Waals surface area contributed by atoms with E-state index in [4.69, 9.17) is 4.74 Å². The summed E-state index contributed by atoms with van der Waals surface area (Å²) in [7, 11) is -3.50. The second-order valence-electron chi connectivity index (χ2n) is 7.36. The maximum atomic E-state index is 12.7. The van der Waals surface area contributed by atoms with Crippen molar-refractivity contribution in [3.8, 4) is 5.75 Å². The number of sulfonamides is 1. The number of amides is 1. The quantitative estimate of drug-likeness (QED) is 0.503. The van der Waals surface area contributed by atoms with Crippen molar-refractivity contribution >= 4 is 27.3 Å². The first-order chi connectivity index (χ1) is 15.3. The molecule has 6 nitrogen and oxygen atoms in total. The van der Waals surface area contributed by atoms with Crippen LogP contribution in [0.15, 0.2) is 72.8 Å². The van der Waals surface area contributed by atoms with Gasteiger partial charge < -0.3 is 10.1 Å². The molecule has 0 heterocycles. The second-order valence-corrected chi connectivity index (χ2v) is 9.27. The third kappa shape index (κ3) is 5.88. The van der Waals surface area contributed by atoms with Crippen molar-refractivity contribution in [2.24, 2.45) is 0 Å². The Morgan fingerprint density at radius 2 is 1.59 bits per heavy atom. The fourth-order valence-corrected chi connectivity index (χ4v) is 4.24. The van der Waals surface area contributed by atoms with Gasteiger partial charge in [0.05, 0.1) is 25.1 Å². The summed E-state index contributed by atoms with van der Waals surface area (Å²) in [6.07, 6.45) is 2.00. The molecule has 0 aliphatic heterocycles. The van der Waals surface area contributed by atoms with E-state index in [2.05, 4.69) is 5.32 Å². The average molecular weight is 453 g/mol. The molecule has 0 saturated carbocycles.